The molecule has 0 rings (SSSR count). The summed E-state index contributed by atoms with van der Waals surface area (Å²) < 4.78 is 15.8. The first-order chi connectivity index (χ1) is 9.17. The molecule has 1 N–H and O–H groups in total. The van der Waals surface area contributed by atoms with Crippen molar-refractivity contribution in [1.82, 2.24) is 0 Å². The molecule has 6 heteroatoms. The van der Waals surface area contributed by atoms with E-state index >= 15 is 0 Å². The Bertz CT molecular complexity index is 311. The Morgan fingerprint density at radius 2 is 1.95 bits per heavy atom. The summed E-state index contributed by atoms with van der Waals surface area (Å²) >= 11 is 0. The fraction of sp³-hybridized carbons (Fsp3) is 0.786. The topological polar surface area (TPSA) is 65.0 Å². The van der Waals surface area contributed by atoms with Gasteiger partial charge in [0.05, 0.1) is 6.10 Å². The lowest BCUT2D eigenvalue weighted by atomic mass is 10.1. The van der Waals surface area contributed by atoms with Gasteiger partial charge < -0.3 is 19.3 Å². The van der Waals surface area contributed by atoms with Crippen LogP contribution in [0.3, 0.4) is 0 Å². The summed E-state index contributed by atoms with van der Waals surface area (Å²) in [5, 5.41) is 9.19. The Hall–Kier alpha value is -0.693. The lowest BCUT2D eigenvalue weighted by Gasteiger charge is -2.23. The van der Waals surface area contributed by atoms with Crippen LogP contribution < -0.4 is 0 Å². The van der Waals surface area contributed by atoms with Gasteiger partial charge in [-0.25, -0.2) is 4.79 Å². The van der Waals surface area contributed by atoms with Gasteiger partial charge in [0, 0.05) is 21.8 Å². The molecule has 0 bridgehead atoms. The Morgan fingerprint density at radius 3 is 2.35 bits per heavy atom. The van der Waals surface area contributed by atoms with Crippen LogP contribution in [0.1, 0.15) is 13.3 Å². The highest BCUT2D eigenvalue weighted by atomic mass is 28.3. The van der Waals surface area contributed by atoms with Crippen molar-refractivity contribution >= 4 is 14.0 Å². The number of hydrogen-bond acceptors (Lipinski definition) is 4. The van der Waals surface area contributed by atoms with Crippen LogP contribution in [-0.2, 0) is 19.0 Å². The smallest absolute Gasteiger partial charge is 0.335 e. The number of carboxylic acid groups (broad SMARTS) is 1. The van der Waals surface area contributed by atoms with Crippen molar-refractivity contribution in [2.24, 2.45) is 0 Å². The molecule has 0 aliphatic carbocycles. The summed E-state index contributed by atoms with van der Waals surface area (Å²) in [6, 6.07) is 1.02. The van der Waals surface area contributed by atoms with Crippen LogP contribution in [0, 0.1) is 0 Å². The second kappa shape index (κ2) is 9.28. The van der Waals surface area contributed by atoms with Gasteiger partial charge in [-0.05, 0) is 19.4 Å². The summed E-state index contributed by atoms with van der Waals surface area (Å²) in [6.45, 7) is 12.9. The number of rotatable bonds is 11. The molecular weight excluding hydrogens is 276 g/mol. The van der Waals surface area contributed by atoms with Crippen molar-refractivity contribution in [1.29, 1.82) is 0 Å². The minimum Gasteiger partial charge on any atom is -0.479 e. The maximum absolute atomic E-state index is 11.2. The lowest BCUT2D eigenvalue weighted by molar-refractivity contribution is -0.175. The third kappa shape index (κ3) is 9.25. The van der Waals surface area contributed by atoms with Crippen LogP contribution in [0.15, 0.2) is 12.2 Å². The second-order valence-electron chi connectivity index (χ2n) is 6.20. The number of methoxy groups -OCH3 is 1. The van der Waals surface area contributed by atoms with Crippen LogP contribution in [0.2, 0.25) is 25.7 Å². The third-order valence-electron chi connectivity index (χ3n) is 2.76. The fourth-order valence-corrected chi connectivity index (χ4v) is 2.31. The summed E-state index contributed by atoms with van der Waals surface area (Å²) in [6.07, 6.45) is -1.14. The normalized spacial score (nSPS) is 14.8. The van der Waals surface area contributed by atoms with Gasteiger partial charge in [0.1, 0.15) is 6.79 Å². The van der Waals surface area contributed by atoms with Gasteiger partial charge in [-0.3, -0.25) is 0 Å². The number of ether oxygens (including phenoxy) is 3. The summed E-state index contributed by atoms with van der Waals surface area (Å²) in [5.41, 5.74) is 0.853. The molecule has 20 heavy (non-hydrogen) atoms. The number of carbonyl (C=O) groups is 1. The maximum Gasteiger partial charge on any atom is 0.335 e. The van der Waals surface area contributed by atoms with Gasteiger partial charge in [0.2, 0.25) is 0 Å². The molecule has 0 saturated heterocycles. The molecular formula is C14H28O5Si. The zero-order chi connectivity index (χ0) is 15.8. The van der Waals surface area contributed by atoms with Crippen molar-refractivity contribution in [3.8, 4) is 0 Å². The van der Waals surface area contributed by atoms with Crippen LogP contribution in [-0.4, -0.2) is 51.9 Å². The summed E-state index contributed by atoms with van der Waals surface area (Å²) in [7, 11) is 0.331. The van der Waals surface area contributed by atoms with E-state index in [1.165, 1.54) is 7.11 Å². The number of carboxylic acids is 1. The van der Waals surface area contributed by atoms with Gasteiger partial charge >= 0.3 is 5.97 Å². The Balaban J connectivity index is 4.20. The van der Waals surface area contributed by atoms with Gasteiger partial charge in [-0.15, -0.1) is 6.58 Å². The highest BCUT2D eigenvalue weighted by Gasteiger charge is 2.29. The number of aliphatic carboxylic acids is 1. The van der Waals surface area contributed by atoms with Gasteiger partial charge in [0.25, 0.3) is 0 Å². The molecule has 118 valence electrons. The van der Waals surface area contributed by atoms with E-state index in [1.54, 1.807) is 0 Å². The van der Waals surface area contributed by atoms with E-state index in [0.717, 1.165) is 11.6 Å². The van der Waals surface area contributed by atoms with E-state index in [2.05, 4.69) is 26.2 Å². The minimum atomic E-state index is -1.14. The Labute approximate surface area is 122 Å². The zero-order valence-electron chi connectivity index (χ0n) is 13.3. The van der Waals surface area contributed by atoms with Crippen LogP contribution in [0.4, 0.5) is 0 Å². The van der Waals surface area contributed by atoms with Gasteiger partial charge in [-0.1, -0.05) is 25.2 Å². The molecule has 0 heterocycles. The molecule has 0 saturated carbocycles. The monoisotopic (exact) mass is 304 g/mol. The zero-order valence-corrected chi connectivity index (χ0v) is 14.3. The first-order valence-corrected chi connectivity index (χ1v) is 10.5. The molecule has 0 aliphatic heterocycles. The number of hydrogen-bond donors (Lipinski definition) is 1. The first-order valence-electron chi connectivity index (χ1n) is 6.76. The van der Waals surface area contributed by atoms with Crippen molar-refractivity contribution in [3.05, 3.63) is 12.2 Å². The Morgan fingerprint density at radius 1 is 1.35 bits per heavy atom. The molecule has 0 unspecified atom stereocenters. The van der Waals surface area contributed by atoms with Gasteiger partial charge in [-0.2, -0.15) is 0 Å². The van der Waals surface area contributed by atoms with E-state index in [9.17, 15) is 9.90 Å². The van der Waals surface area contributed by atoms with Crippen molar-refractivity contribution < 1.29 is 24.1 Å². The van der Waals surface area contributed by atoms with Crippen LogP contribution >= 0.6 is 0 Å². The predicted octanol–water partition coefficient (Wildman–Crippen LogP) is 2.75. The van der Waals surface area contributed by atoms with E-state index in [-0.39, 0.29) is 6.79 Å². The quantitative estimate of drug-likeness (QED) is 0.275. The van der Waals surface area contributed by atoms with Crippen LogP contribution in [0.25, 0.3) is 0 Å². The minimum absolute atomic E-state index is 0.0303. The van der Waals surface area contributed by atoms with Crippen molar-refractivity contribution in [3.63, 3.8) is 0 Å². The van der Waals surface area contributed by atoms with Crippen molar-refractivity contribution in [2.45, 2.75) is 51.2 Å². The molecule has 0 fully saturated rings. The van der Waals surface area contributed by atoms with Crippen molar-refractivity contribution in [2.75, 3.05) is 20.5 Å². The third-order valence-corrected chi connectivity index (χ3v) is 4.46. The molecule has 2 atom stereocenters. The molecule has 0 aliphatic rings. The average Bonchev–Trinajstić information content (AvgIpc) is 2.29. The lowest BCUT2D eigenvalue weighted by Crippen LogP contribution is -2.38. The molecule has 0 amide bonds. The molecule has 0 aromatic carbocycles. The molecule has 0 spiro atoms. The standard InChI is InChI=1S/C14H28O5Si/c1-11(2)9-12(17-3)13(14(15)16)19-10-18-7-8-20(4,5)6/h12-13H,1,7-10H2,2-6H3,(H,15,16)/t12-,13-/m0/s1. The molecule has 0 aromatic heterocycles. The highest BCUT2D eigenvalue weighted by Crippen LogP contribution is 2.14. The molecule has 0 radical (unpaired) electrons. The maximum atomic E-state index is 11.2. The predicted molar refractivity (Wildman–Crippen MR) is 81.7 cm³/mol. The summed E-state index contributed by atoms with van der Waals surface area (Å²) in [5.74, 6) is -1.05. The summed E-state index contributed by atoms with van der Waals surface area (Å²) in [4.78, 5) is 11.2. The molecule has 5 nitrogen and oxygen atoms in total. The van der Waals surface area contributed by atoms with Crippen LogP contribution in [0.5, 0.6) is 0 Å². The average molecular weight is 304 g/mol. The van der Waals surface area contributed by atoms with E-state index in [0.29, 0.717) is 13.0 Å². The SMILES string of the molecule is C=C(C)C[C@H](OC)[C@H](OCOCC[Si](C)(C)C)C(=O)O. The van der Waals surface area contributed by atoms with E-state index in [4.69, 9.17) is 14.2 Å². The molecule has 0 aromatic rings. The Kier molecular flexibility index (Phi) is 8.96. The van der Waals surface area contributed by atoms with E-state index < -0.39 is 26.3 Å². The van der Waals surface area contributed by atoms with E-state index in [1.807, 2.05) is 6.92 Å². The highest BCUT2D eigenvalue weighted by molar-refractivity contribution is 6.76. The first kappa shape index (κ1) is 19.3. The fourth-order valence-electron chi connectivity index (χ4n) is 1.55. The van der Waals surface area contributed by atoms with Gasteiger partial charge in [0.15, 0.2) is 6.10 Å². The largest absolute Gasteiger partial charge is 0.479 e. The second-order valence-corrected chi connectivity index (χ2v) is 11.8.